The summed E-state index contributed by atoms with van der Waals surface area (Å²) in [4.78, 5) is 37.5. The molecule has 2 amide bonds. The Morgan fingerprint density at radius 3 is 2.64 bits per heavy atom. The number of carboxylic acid groups (broad SMARTS) is 1. The normalized spacial score (nSPS) is 21.5. The molecule has 1 heterocycles. The molecule has 6 heteroatoms. The van der Waals surface area contributed by atoms with Crippen LogP contribution in [0.4, 0.5) is 0 Å². The number of aryl methyl sites for hydroxylation is 1. The van der Waals surface area contributed by atoms with Crippen LogP contribution in [0, 0.1) is 6.92 Å². The molecule has 0 saturated carbocycles. The lowest BCUT2D eigenvalue weighted by Crippen LogP contribution is -2.41. The Hall–Kier alpha value is -2.21. The third-order valence-corrected chi connectivity index (χ3v) is 4.04. The molecule has 0 aliphatic carbocycles. The maximum Gasteiger partial charge on any atom is 0.304 e. The maximum atomic E-state index is 12.8. The van der Waals surface area contributed by atoms with Crippen molar-refractivity contribution in [2.75, 3.05) is 20.3 Å². The lowest BCUT2D eigenvalue weighted by atomic mass is 9.74. The number of hydrogen-bond donors (Lipinski definition) is 1. The number of carboxylic acids is 1. The zero-order valence-corrected chi connectivity index (χ0v) is 12.7. The highest BCUT2D eigenvalue weighted by Gasteiger charge is 2.54. The van der Waals surface area contributed by atoms with Gasteiger partial charge in [0.05, 0.1) is 25.0 Å². The number of carbonyl (C=O) groups excluding carboxylic acids is 2. The molecular weight excluding hydrogens is 286 g/mol. The predicted octanol–water partition coefficient (Wildman–Crippen LogP) is 1.11. The third kappa shape index (κ3) is 2.74. The summed E-state index contributed by atoms with van der Waals surface area (Å²) in [6.07, 6.45) is -0.515. The van der Waals surface area contributed by atoms with Crippen LogP contribution in [0.15, 0.2) is 24.3 Å². The van der Waals surface area contributed by atoms with Crippen LogP contribution in [0.25, 0.3) is 0 Å². The summed E-state index contributed by atoms with van der Waals surface area (Å²) in [5, 5.41) is 9.25. The SMILES string of the molecule is COCCN1C(=O)C[C@](CC(=O)O)(c2ccccc2C)C1=O. The number of aliphatic carboxylic acids is 1. The lowest BCUT2D eigenvalue weighted by Gasteiger charge is -2.27. The Morgan fingerprint density at radius 2 is 2.05 bits per heavy atom. The van der Waals surface area contributed by atoms with Gasteiger partial charge < -0.3 is 9.84 Å². The first-order valence-corrected chi connectivity index (χ1v) is 7.04. The van der Waals surface area contributed by atoms with Gasteiger partial charge in [-0.15, -0.1) is 0 Å². The minimum absolute atomic E-state index is 0.118. The molecule has 118 valence electrons. The molecule has 6 nitrogen and oxygen atoms in total. The second kappa shape index (κ2) is 6.27. The van der Waals surface area contributed by atoms with Gasteiger partial charge in [0.25, 0.3) is 0 Å². The molecule has 1 aromatic rings. The molecular formula is C16H19NO5. The predicted molar refractivity (Wildman–Crippen MR) is 78.3 cm³/mol. The quantitative estimate of drug-likeness (QED) is 0.796. The summed E-state index contributed by atoms with van der Waals surface area (Å²) in [7, 11) is 1.48. The second-order valence-electron chi connectivity index (χ2n) is 5.49. The van der Waals surface area contributed by atoms with Gasteiger partial charge in [0, 0.05) is 13.5 Å². The van der Waals surface area contributed by atoms with Crippen molar-refractivity contribution in [3.63, 3.8) is 0 Å². The molecule has 1 atom stereocenters. The summed E-state index contributed by atoms with van der Waals surface area (Å²) < 4.78 is 4.92. The Balaban J connectivity index is 2.48. The zero-order valence-electron chi connectivity index (χ0n) is 12.7. The number of rotatable bonds is 6. The van der Waals surface area contributed by atoms with Gasteiger partial charge >= 0.3 is 5.97 Å². The Bertz CT molecular complexity index is 612. The van der Waals surface area contributed by atoms with Gasteiger partial charge in [0.15, 0.2) is 0 Å². The number of methoxy groups -OCH3 is 1. The zero-order chi connectivity index (χ0) is 16.3. The number of amides is 2. The standard InChI is InChI=1S/C16H19NO5/c1-11-5-3-4-6-12(11)16(10-14(19)20)9-13(18)17(15(16)21)7-8-22-2/h3-6H,7-10H2,1-2H3,(H,19,20)/t16-/m0/s1. The van der Waals surface area contributed by atoms with E-state index in [9.17, 15) is 19.5 Å². The molecule has 1 aliphatic heterocycles. The molecule has 1 saturated heterocycles. The van der Waals surface area contributed by atoms with Gasteiger partial charge in [0.2, 0.25) is 11.8 Å². The van der Waals surface area contributed by atoms with Gasteiger partial charge in [-0.2, -0.15) is 0 Å². The molecule has 0 bridgehead atoms. The van der Waals surface area contributed by atoms with Crippen LogP contribution in [0.1, 0.15) is 24.0 Å². The smallest absolute Gasteiger partial charge is 0.304 e. The third-order valence-electron chi connectivity index (χ3n) is 4.04. The number of nitrogens with zero attached hydrogens (tertiary/aromatic N) is 1. The van der Waals surface area contributed by atoms with Crippen molar-refractivity contribution in [3.8, 4) is 0 Å². The number of ether oxygens (including phenoxy) is 1. The van der Waals surface area contributed by atoms with Crippen LogP contribution >= 0.6 is 0 Å². The van der Waals surface area contributed by atoms with Crippen LogP contribution in [-0.2, 0) is 24.5 Å². The summed E-state index contributed by atoms with van der Waals surface area (Å²) >= 11 is 0. The highest BCUT2D eigenvalue weighted by Crippen LogP contribution is 2.41. The first kappa shape index (κ1) is 16.2. The van der Waals surface area contributed by atoms with Gasteiger partial charge in [-0.1, -0.05) is 24.3 Å². The molecule has 1 aromatic carbocycles. The Morgan fingerprint density at radius 1 is 1.36 bits per heavy atom. The van der Waals surface area contributed by atoms with Crippen LogP contribution in [0.5, 0.6) is 0 Å². The van der Waals surface area contributed by atoms with Crippen molar-refractivity contribution in [2.24, 2.45) is 0 Å². The summed E-state index contributed by atoms with van der Waals surface area (Å²) in [5.74, 6) is -1.91. The topological polar surface area (TPSA) is 83.9 Å². The van der Waals surface area contributed by atoms with Crippen molar-refractivity contribution < 1.29 is 24.2 Å². The van der Waals surface area contributed by atoms with Gasteiger partial charge in [0.1, 0.15) is 0 Å². The summed E-state index contributed by atoms with van der Waals surface area (Å²) in [5.41, 5.74) is 0.0938. The van der Waals surface area contributed by atoms with E-state index < -0.39 is 23.7 Å². The van der Waals surface area contributed by atoms with Gasteiger partial charge in [-0.25, -0.2) is 0 Å². The molecule has 0 unspecified atom stereocenters. The minimum atomic E-state index is -1.32. The van der Waals surface area contributed by atoms with Crippen LogP contribution in [0.3, 0.4) is 0 Å². The van der Waals surface area contributed by atoms with E-state index in [-0.39, 0.29) is 25.5 Å². The molecule has 1 aliphatic rings. The van der Waals surface area contributed by atoms with Gasteiger partial charge in [-0.3, -0.25) is 19.3 Å². The number of carbonyl (C=O) groups is 3. The second-order valence-corrected chi connectivity index (χ2v) is 5.49. The Labute approximate surface area is 128 Å². The molecule has 0 radical (unpaired) electrons. The van der Waals surface area contributed by atoms with E-state index in [1.807, 2.05) is 19.1 Å². The average Bonchev–Trinajstić information content (AvgIpc) is 2.68. The number of likely N-dealkylation sites (tertiary alicyclic amines) is 1. The fourth-order valence-corrected chi connectivity index (χ4v) is 3.02. The monoisotopic (exact) mass is 305 g/mol. The molecule has 1 fully saturated rings. The van der Waals surface area contributed by atoms with E-state index in [0.29, 0.717) is 5.56 Å². The highest BCUT2D eigenvalue weighted by atomic mass is 16.5. The number of benzene rings is 1. The number of imide groups is 1. The van der Waals surface area contributed by atoms with Crippen LogP contribution < -0.4 is 0 Å². The van der Waals surface area contributed by atoms with E-state index in [0.717, 1.165) is 10.5 Å². The fraction of sp³-hybridized carbons (Fsp3) is 0.438. The van der Waals surface area contributed by atoms with E-state index in [1.165, 1.54) is 7.11 Å². The Kier molecular flexibility index (Phi) is 4.61. The molecule has 0 spiro atoms. The fourth-order valence-electron chi connectivity index (χ4n) is 3.02. The lowest BCUT2D eigenvalue weighted by molar-refractivity contribution is -0.145. The van der Waals surface area contributed by atoms with Crippen molar-refractivity contribution in [1.29, 1.82) is 0 Å². The molecule has 0 aromatic heterocycles. The number of hydrogen-bond acceptors (Lipinski definition) is 4. The van der Waals surface area contributed by atoms with Crippen molar-refractivity contribution in [3.05, 3.63) is 35.4 Å². The minimum Gasteiger partial charge on any atom is -0.481 e. The van der Waals surface area contributed by atoms with E-state index in [1.54, 1.807) is 12.1 Å². The van der Waals surface area contributed by atoms with Crippen LogP contribution in [0.2, 0.25) is 0 Å². The van der Waals surface area contributed by atoms with E-state index in [4.69, 9.17) is 4.74 Å². The molecule has 22 heavy (non-hydrogen) atoms. The van der Waals surface area contributed by atoms with Crippen LogP contribution in [-0.4, -0.2) is 48.1 Å². The largest absolute Gasteiger partial charge is 0.481 e. The van der Waals surface area contributed by atoms with Crippen molar-refractivity contribution in [2.45, 2.75) is 25.2 Å². The molecule has 1 N–H and O–H groups in total. The maximum absolute atomic E-state index is 12.8. The first-order chi connectivity index (χ1) is 10.4. The highest BCUT2D eigenvalue weighted by molar-refractivity contribution is 6.10. The van der Waals surface area contributed by atoms with E-state index >= 15 is 0 Å². The van der Waals surface area contributed by atoms with Gasteiger partial charge in [-0.05, 0) is 18.1 Å². The molecule has 2 rings (SSSR count). The summed E-state index contributed by atoms with van der Waals surface area (Å²) in [6, 6.07) is 7.11. The summed E-state index contributed by atoms with van der Waals surface area (Å²) in [6.45, 7) is 2.18. The van der Waals surface area contributed by atoms with Crippen molar-refractivity contribution >= 4 is 17.8 Å². The first-order valence-electron chi connectivity index (χ1n) is 7.04. The average molecular weight is 305 g/mol. The van der Waals surface area contributed by atoms with E-state index in [2.05, 4.69) is 0 Å². The van der Waals surface area contributed by atoms with Crippen molar-refractivity contribution in [1.82, 2.24) is 4.90 Å².